The summed E-state index contributed by atoms with van der Waals surface area (Å²) in [5.74, 6) is 0. The number of rotatable bonds is 3. The van der Waals surface area contributed by atoms with E-state index in [0.29, 0.717) is 12.6 Å². The Kier molecular flexibility index (Phi) is 4.34. The first-order valence-electron chi connectivity index (χ1n) is 8.32. The van der Waals surface area contributed by atoms with Crippen molar-refractivity contribution in [2.75, 3.05) is 26.7 Å². The van der Waals surface area contributed by atoms with Crippen LogP contribution in [0.2, 0.25) is 0 Å². The van der Waals surface area contributed by atoms with E-state index in [1.54, 1.807) is 0 Å². The molecule has 2 aliphatic rings. The zero-order valence-corrected chi connectivity index (χ0v) is 13.7. The van der Waals surface area contributed by atoms with Crippen molar-refractivity contribution < 1.29 is 0 Å². The third kappa shape index (κ3) is 3.01. The van der Waals surface area contributed by atoms with Gasteiger partial charge in [-0.3, -0.25) is 9.80 Å². The molecule has 1 aromatic rings. The van der Waals surface area contributed by atoms with Crippen molar-refractivity contribution in [2.45, 2.75) is 51.2 Å². The third-order valence-corrected chi connectivity index (χ3v) is 5.47. The van der Waals surface area contributed by atoms with Crippen LogP contribution in [0.15, 0.2) is 18.2 Å². The average molecular weight is 287 g/mol. The molecule has 116 valence electrons. The molecule has 2 aliphatic heterocycles. The lowest BCUT2D eigenvalue weighted by Gasteiger charge is -2.33. The fourth-order valence-corrected chi connectivity index (χ4v) is 4.32. The summed E-state index contributed by atoms with van der Waals surface area (Å²) in [5.41, 5.74) is 10.3. The van der Waals surface area contributed by atoms with Crippen molar-refractivity contribution in [1.82, 2.24) is 9.80 Å². The molecule has 0 amide bonds. The number of aryl methyl sites for hydroxylation is 2. The van der Waals surface area contributed by atoms with Gasteiger partial charge in [-0.05, 0) is 45.7 Å². The lowest BCUT2D eigenvalue weighted by Crippen LogP contribution is -2.40. The van der Waals surface area contributed by atoms with Crippen molar-refractivity contribution >= 4 is 0 Å². The van der Waals surface area contributed by atoms with Crippen molar-refractivity contribution in [2.24, 2.45) is 5.73 Å². The fourth-order valence-electron chi connectivity index (χ4n) is 4.32. The summed E-state index contributed by atoms with van der Waals surface area (Å²) < 4.78 is 0. The number of fused-ring (bicyclic) bond motifs is 2. The van der Waals surface area contributed by atoms with Crippen molar-refractivity contribution in [1.29, 1.82) is 0 Å². The zero-order chi connectivity index (χ0) is 15.0. The highest BCUT2D eigenvalue weighted by atomic mass is 15.3. The Morgan fingerprint density at radius 3 is 2.43 bits per heavy atom. The molecule has 2 N–H and O–H groups in total. The molecule has 0 aromatic heterocycles. The monoisotopic (exact) mass is 287 g/mol. The molecule has 0 spiro atoms. The van der Waals surface area contributed by atoms with Crippen LogP contribution in [0.4, 0.5) is 0 Å². The smallest absolute Gasteiger partial charge is 0.0471 e. The van der Waals surface area contributed by atoms with Crippen LogP contribution < -0.4 is 5.73 Å². The highest BCUT2D eigenvalue weighted by Crippen LogP contribution is 2.32. The Morgan fingerprint density at radius 1 is 1.10 bits per heavy atom. The minimum Gasteiger partial charge on any atom is -0.329 e. The minimum absolute atomic E-state index is 0.372. The van der Waals surface area contributed by atoms with E-state index in [1.807, 2.05) is 0 Å². The average Bonchev–Trinajstić information content (AvgIpc) is 2.65. The molecule has 3 atom stereocenters. The van der Waals surface area contributed by atoms with Crippen molar-refractivity contribution in [3.05, 3.63) is 34.9 Å². The van der Waals surface area contributed by atoms with Crippen LogP contribution in [-0.4, -0.2) is 48.6 Å². The SMILES string of the molecule is Cc1cc(C)cc(C(CN)N2CCC3CCC(C2)N3C)c1. The molecule has 3 nitrogen and oxygen atoms in total. The molecule has 3 rings (SSSR count). The first kappa shape index (κ1) is 15.0. The number of hydrogen-bond acceptors (Lipinski definition) is 3. The van der Waals surface area contributed by atoms with E-state index in [4.69, 9.17) is 5.73 Å². The lowest BCUT2D eigenvalue weighted by atomic mass is 9.98. The molecule has 1 aromatic carbocycles. The maximum absolute atomic E-state index is 6.16. The van der Waals surface area contributed by atoms with E-state index >= 15 is 0 Å². The van der Waals surface area contributed by atoms with Crippen LogP contribution in [0, 0.1) is 13.8 Å². The van der Waals surface area contributed by atoms with Crippen LogP contribution in [0.3, 0.4) is 0 Å². The van der Waals surface area contributed by atoms with Gasteiger partial charge in [0.15, 0.2) is 0 Å². The van der Waals surface area contributed by atoms with Gasteiger partial charge in [0.25, 0.3) is 0 Å². The maximum Gasteiger partial charge on any atom is 0.0471 e. The number of nitrogens with two attached hydrogens (primary N) is 1. The highest BCUT2D eigenvalue weighted by molar-refractivity contribution is 5.31. The first-order chi connectivity index (χ1) is 10.1. The Morgan fingerprint density at radius 2 is 1.76 bits per heavy atom. The Hall–Kier alpha value is -0.900. The van der Waals surface area contributed by atoms with Crippen molar-refractivity contribution in [3.8, 4) is 0 Å². The first-order valence-corrected chi connectivity index (χ1v) is 8.32. The summed E-state index contributed by atoms with van der Waals surface area (Å²) in [4.78, 5) is 5.24. The lowest BCUT2D eigenvalue weighted by molar-refractivity contribution is 0.175. The van der Waals surface area contributed by atoms with Crippen LogP contribution in [0.5, 0.6) is 0 Å². The fraction of sp³-hybridized carbons (Fsp3) is 0.667. The second kappa shape index (κ2) is 6.07. The van der Waals surface area contributed by atoms with Gasteiger partial charge in [-0.2, -0.15) is 0 Å². The summed E-state index contributed by atoms with van der Waals surface area (Å²) in [6.07, 6.45) is 4.02. The van der Waals surface area contributed by atoms with Crippen LogP contribution in [0.25, 0.3) is 0 Å². The quantitative estimate of drug-likeness (QED) is 0.927. The number of likely N-dealkylation sites (tertiary alicyclic amines) is 1. The standard InChI is InChI=1S/C18H29N3/c1-13-8-14(2)10-15(9-13)18(11-19)21-7-6-16-4-5-17(12-21)20(16)3/h8-10,16-18H,4-7,11-12,19H2,1-3H3. The number of nitrogens with zero attached hydrogens (tertiary/aromatic N) is 2. The van der Waals surface area contributed by atoms with Gasteiger partial charge >= 0.3 is 0 Å². The van der Waals surface area contributed by atoms with Gasteiger partial charge in [-0.1, -0.05) is 29.3 Å². The largest absolute Gasteiger partial charge is 0.329 e. The van der Waals surface area contributed by atoms with Gasteiger partial charge in [0.2, 0.25) is 0 Å². The molecule has 21 heavy (non-hydrogen) atoms. The van der Waals surface area contributed by atoms with Crippen molar-refractivity contribution in [3.63, 3.8) is 0 Å². The van der Waals surface area contributed by atoms with Gasteiger partial charge < -0.3 is 5.73 Å². The number of hydrogen-bond donors (Lipinski definition) is 1. The zero-order valence-electron chi connectivity index (χ0n) is 13.7. The summed E-state index contributed by atoms with van der Waals surface area (Å²) in [6.45, 7) is 7.43. The van der Waals surface area contributed by atoms with Crippen LogP contribution in [-0.2, 0) is 0 Å². The Balaban J connectivity index is 1.83. The Labute approximate surface area is 129 Å². The van der Waals surface area contributed by atoms with Gasteiger partial charge in [0.05, 0.1) is 0 Å². The van der Waals surface area contributed by atoms with E-state index in [2.05, 4.69) is 48.9 Å². The Bertz CT molecular complexity index is 479. The number of likely N-dealkylation sites (N-methyl/N-ethyl adjacent to an activating group) is 1. The maximum atomic E-state index is 6.16. The normalized spacial score (nSPS) is 28.6. The van der Waals surface area contributed by atoms with Gasteiger partial charge in [-0.15, -0.1) is 0 Å². The van der Waals surface area contributed by atoms with Crippen LogP contribution in [0.1, 0.15) is 42.0 Å². The third-order valence-electron chi connectivity index (χ3n) is 5.47. The van der Waals surface area contributed by atoms with Gasteiger partial charge in [0, 0.05) is 37.8 Å². The molecular formula is C18H29N3. The van der Waals surface area contributed by atoms with E-state index < -0.39 is 0 Å². The predicted octanol–water partition coefficient (Wildman–Crippen LogP) is 2.47. The molecule has 2 heterocycles. The van der Waals surface area contributed by atoms with E-state index in [0.717, 1.165) is 12.1 Å². The second-order valence-corrected chi connectivity index (χ2v) is 7.01. The minimum atomic E-state index is 0.372. The van der Waals surface area contributed by atoms with E-state index in [1.165, 1.54) is 49.0 Å². The van der Waals surface area contributed by atoms with Gasteiger partial charge in [0.1, 0.15) is 0 Å². The molecule has 2 fully saturated rings. The molecule has 0 saturated carbocycles. The highest BCUT2D eigenvalue weighted by Gasteiger charge is 2.36. The molecular weight excluding hydrogens is 258 g/mol. The molecule has 2 bridgehead atoms. The van der Waals surface area contributed by atoms with Crippen LogP contribution >= 0.6 is 0 Å². The summed E-state index contributed by atoms with van der Waals surface area (Å²) in [5, 5.41) is 0. The van der Waals surface area contributed by atoms with E-state index in [9.17, 15) is 0 Å². The number of benzene rings is 1. The summed E-state index contributed by atoms with van der Waals surface area (Å²) >= 11 is 0. The van der Waals surface area contributed by atoms with Gasteiger partial charge in [-0.25, -0.2) is 0 Å². The predicted molar refractivity (Wildman–Crippen MR) is 88.5 cm³/mol. The molecule has 3 heteroatoms. The summed E-state index contributed by atoms with van der Waals surface area (Å²) in [6, 6.07) is 8.76. The second-order valence-electron chi connectivity index (χ2n) is 7.01. The topological polar surface area (TPSA) is 32.5 Å². The summed E-state index contributed by atoms with van der Waals surface area (Å²) in [7, 11) is 2.31. The van der Waals surface area contributed by atoms with E-state index in [-0.39, 0.29) is 0 Å². The molecule has 2 saturated heterocycles. The molecule has 0 radical (unpaired) electrons. The molecule has 0 aliphatic carbocycles. The molecule has 3 unspecified atom stereocenters.